The standard InChI is InChI=1S/C18H19N3O5/c1-13(15-8-4-6-10-17(15)25-2)20-18(22)12-26-19-11-14-7-3-5-9-16(14)21(23)24/h3-11,13H,12H2,1-2H3,(H,20,22)/b19-11+. The van der Waals surface area contributed by atoms with E-state index in [1.54, 1.807) is 19.2 Å². The van der Waals surface area contributed by atoms with Crippen LogP contribution in [0, 0.1) is 10.1 Å². The number of oxime groups is 1. The van der Waals surface area contributed by atoms with E-state index in [-0.39, 0.29) is 24.2 Å². The summed E-state index contributed by atoms with van der Waals surface area (Å²) in [4.78, 5) is 27.3. The lowest BCUT2D eigenvalue weighted by Crippen LogP contribution is -2.29. The Kier molecular flexibility index (Phi) is 6.67. The monoisotopic (exact) mass is 357 g/mol. The van der Waals surface area contributed by atoms with Gasteiger partial charge in [-0.3, -0.25) is 14.9 Å². The number of ether oxygens (including phenoxy) is 1. The number of benzene rings is 2. The van der Waals surface area contributed by atoms with Gasteiger partial charge in [-0.25, -0.2) is 0 Å². The van der Waals surface area contributed by atoms with Crippen molar-refractivity contribution >= 4 is 17.8 Å². The van der Waals surface area contributed by atoms with E-state index in [9.17, 15) is 14.9 Å². The van der Waals surface area contributed by atoms with Crippen LogP contribution in [0.5, 0.6) is 5.75 Å². The number of nitrogens with one attached hydrogen (secondary N) is 1. The minimum Gasteiger partial charge on any atom is -0.496 e. The highest BCUT2D eigenvalue weighted by molar-refractivity contribution is 5.85. The topological polar surface area (TPSA) is 103 Å². The number of para-hydroxylation sites is 2. The van der Waals surface area contributed by atoms with Gasteiger partial charge in [-0.05, 0) is 19.1 Å². The van der Waals surface area contributed by atoms with Crippen molar-refractivity contribution in [3.8, 4) is 5.75 Å². The van der Waals surface area contributed by atoms with Gasteiger partial charge in [0.15, 0.2) is 6.61 Å². The quantitative estimate of drug-likeness (QED) is 0.444. The fraction of sp³-hybridized carbons (Fsp3) is 0.222. The Labute approximate surface area is 150 Å². The SMILES string of the molecule is COc1ccccc1C(C)NC(=O)CO/N=C/c1ccccc1[N+](=O)[O-]. The molecule has 0 saturated carbocycles. The predicted octanol–water partition coefficient (Wildman–Crippen LogP) is 2.83. The fourth-order valence-corrected chi connectivity index (χ4v) is 2.34. The fourth-order valence-electron chi connectivity index (χ4n) is 2.34. The molecule has 1 amide bonds. The first-order valence-corrected chi connectivity index (χ1v) is 7.84. The molecule has 0 aromatic heterocycles. The molecule has 0 bridgehead atoms. The molecule has 0 aliphatic heterocycles. The van der Waals surface area contributed by atoms with Crippen LogP contribution in [0.1, 0.15) is 24.1 Å². The first kappa shape index (κ1) is 18.9. The third-order valence-corrected chi connectivity index (χ3v) is 3.58. The summed E-state index contributed by atoms with van der Waals surface area (Å²) in [5.74, 6) is 0.304. The second-order valence-electron chi connectivity index (χ2n) is 5.36. The normalized spacial score (nSPS) is 11.8. The number of nitro groups is 1. The zero-order valence-electron chi connectivity index (χ0n) is 14.4. The van der Waals surface area contributed by atoms with Crippen molar-refractivity contribution in [3.63, 3.8) is 0 Å². The Morgan fingerprint density at radius 2 is 1.96 bits per heavy atom. The van der Waals surface area contributed by atoms with Gasteiger partial charge in [0.1, 0.15) is 5.75 Å². The first-order valence-electron chi connectivity index (χ1n) is 7.84. The molecule has 1 unspecified atom stereocenters. The van der Waals surface area contributed by atoms with Crippen molar-refractivity contribution in [1.82, 2.24) is 5.32 Å². The average molecular weight is 357 g/mol. The third kappa shape index (κ3) is 5.04. The Morgan fingerprint density at radius 3 is 2.69 bits per heavy atom. The maximum Gasteiger partial charge on any atom is 0.278 e. The summed E-state index contributed by atoms with van der Waals surface area (Å²) in [5, 5.41) is 17.3. The van der Waals surface area contributed by atoms with Gasteiger partial charge >= 0.3 is 0 Å². The van der Waals surface area contributed by atoms with Gasteiger partial charge in [-0.2, -0.15) is 0 Å². The molecule has 136 valence electrons. The molecular weight excluding hydrogens is 338 g/mol. The number of hydrogen-bond donors (Lipinski definition) is 1. The van der Waals surface area contributed by atoms with Gasteiger partial charge in [-0.15, -0.1) is 0 Å². The third-order valence-electron chi connectivity index (χ3n) is 3.58. The van der Waals surface area contributed by atoms with Crippen LogP contribution in [-0.4, -0.2) is 30.8 Å². The summed E-state index contributed by atoms with van der Waals surface area (Å²) < 4.78 is 5.26. The Balaban J connectivity index is 1.88. The van der Waals surface area contributed by atoms with Gasteiger partial charge in [0, 0.05) is 11.6 Å². The van der Waals surface area contributed by atoms with Crippen LogP contribution in [0.2, 0.25) is 0 Å². The van der Waals surface area contributed by atoms with E-state index in [1.807, 2.05) is 31.2 Å². The van der Waals surface area contributed by atoms with Gasteiger partial charge < -0.3 is 14.9 Å². The van der Waals surface area contributed by atoms with Crippen LogP contribution in [0.4, 0.5) is 5.69 Å². The number of methoxy groups -OCH3 is 1. The molecule has 1 N–H and O–H groups in total. The molecule has 0 heterocycles. The molecule has 2 aromatic carbocycles. The van der Waals surface area contributed by atoms with Crippen LogP contribution in [0.3, 0.4) is 0 Å². The molecular formula is C18H19N3O5. The van der Waals surface area contributed by atoms with Gasteiger partial charge in [0.2, 0.25) is 0 Å². The molecule has 0 spiro atoms. The van der Waals surface area contributed by atoms with Crippen LogP contribution >= 0.6 is 0 Å². The number of nitrogens with zero attached hydrogens (tertiary/aromatic N) is 2. The van der Waals surface area contributed by atoms with Crippen molar-refractivity contribution in [2.45, 2.75) is 13.0 Å². The van der Waals surface area contributed by atoms with Gasteiger partial charge in [0.05, 0.1) is 29.9 Å². The first-order chi connectivity index (χ1) is 12.5. The van der Waals surface area contributed by atoms with E-state index in [0.29, 0.717) is 11.3 Å². The van der Waals surface area contributed by atoms with E-state index in [4.69, 9.17) is 9.57 Å². The van der Waals surface area contributed by atoms with E-state index >= 15 is 0 Å². The number of rotatable bonds is 8. The predicted molar refractivity (Wildman–Crippen MR) is 96.2 cm³/mol. The van der Waals surface area contributed by atoms with Crippen LogP contribution in [-0.2, 0) is 9.63 Å². The Hall–Kier alpha value is -3.42. The van der Waals surface area contributed by atoms with Crippen LogP contribution < -0.4 is 10.1 Å². The number of nitro benzene ring substituents is 1. The zero-order chi connectivity index (χ0) is 18.9. The molecule has 26 heavy (non-hydrogen) atoms. The lowest BCUT2D eigenvalue weighted by atomic mass is 10.1. The number of carbonyl (C=O) groups excluding carboxylic acids is 1. The van der Waals surface area contributed by atoms with Crippen molar-refractivity contribution < 1.29 is 19.3 Å². The molecule has 0 radical (unpaired) electrons. The number of carbonyl (C=O) groups is 1. The summed E-state index contributed by atoms with van der Waals surface area (Å²) >= 11 is 0. The summed E-state index contributed by atoms with van der Waals surface area (Å²) in [6, 6.07) is 13.2. The highest BCUT2D eigenvalue weighted by atomic mass is 16.6. The molecule has 2 rings (SSSR count). The molecule has 2 aromatic rings. The second-order valence-corrected chi connectivity index (χ2v) is 5.36. The number of hydrogen-bond acceptors (Lipinski definition) is 6. The average Bonchev–Trinajstić information content (AvgIpc) is 2.65. The second kappa shape index (κ2) is 9.16. The summed E-state index contributed by atoms with van der Waals surface area (Å²) in [7, 11) is 1.56. The van der Waals surface area contributed by atoms with Crippen LogP contribution in [0.25, 0.3) is 0 Å². The highest BCUT2D eigenvalue weighted by Gasteiger charge is 2.14. The molecule has 8 nitrogen and oxygen atoms in total. The highest BCUT2D eigenvalue weighted by Crippen LogP contribution is 2.24. The van der Waals surface area contributed by atoms with Crippen molar-refractivity contribution in [3.05, 3.63) is 69.8 Å². The Morgan fingerprint density at radius 1 is 1.27 bits per heavy atom. The molecule has 0 saturated heterocycles. The molecule has 0 fully saturated rings. The Bertz CT molecular complexity index is 807. The van der Waals surface area contributed by atoms with E-state index in [0.717, 1.165) is 5.56 Å². The molecule has 1 atom stereocenters. The summed E-state index contributed by atoms with van der Waals surface area (Å²) in [6.07, 6.45) is 1.20. The van der Waals surface area contributed by atoms with E-state index in [1.165, 1.54) is 18.3 Å². The van der Waals surface area contributed by atoms with Crippen molar-refractivity contribution in [2.75, 3.05) is 13.7 Å². The summed E-state index contributed by atoms with van der Waals surface area (Å²) in [6.45, 7) is 1.52. The lowest BCUT2D eigenvalue weighted by Gasteiger charge is -2.16. The lowest BCUT2D eigenvalue weighted by molar-refractivity contribution is -0.385. The summed E-state index contributed by atoms with van der Waals surface area (Å²) in [5.41, 5.74) is 1.04. The van der Waals surface area contributed by atoms with Crippen molar-refractivity contribution in [2.24, 2.45) is 5.16 Å². The van der Waals surface area contributed by atoms with E-state index < -0.39 is 4.92 Å². The van der Waals surface area contributed by atoms with Crippen molar-refractivity contribution in [1.29, 1.82) is 0 Å². The largest absolute Gasteiger partial charge is 0.496 e. The molecule has 0 aliphatic rings. The maximum absolute atomic E-state index is 12.0. The van der Waals surface area contributed by atoms with Crippen LogP contribution in [0.15, 0.2) is 53.7 Å². The van der Waals surface area contributed by atoms with E-state index in [2.05, 4.69) is 10.5 Å². The molecule has 8 heteroatoms. The minimum atomic E-state index is -0.511. The molecule has 0 aliphatic carbocycles. The van der Waals surface area contributed by atoms with Gasteiger partial charge in [0.25, 0.3) is 11.6 Å². The minimum absolute atomic E-state index is 0.0888. The zero-order valence-corrected chi connectivity index (χ0v) is 14.4. The van der Waals surface area contributed by atoms with Gasteiger partial charge in [-0.1, -0.05) is 35.5 Å². The smallest absolute Gasteiger partial charge is 0.278 e. The number of amides is 1. The maximum atomic E-state index is 12.0.